The van der Waals surface area contributed by atoms with Gasteiger partial charge in [-0.3, -0.25) is 14.4 Å². The van der Waals surface area contributed by atoms with E-state index >= 15 is 0 Å². The molecular formula is C18H23N5O. The van der Waals surface area contributed by atoms with E-state index in [4.69, 9.17) is 0 Å². The maximum atomic E-state index is 12.7. The lowest BCUT2D eigenvalue weighted by atomic mass is 10.2. The summed E-state index contributed by atoms with van der Waals surface area (Å²) in [4.78, 5) is 21.1. The largest absolute Gasteiger partial charge is 0.312 e. The van der Waals surface area contributed by atoms with Crippen molar-refractivity contribution in [3.8, 4) is 0 Å². The predicted octanol–water partition coefficient (Wildman–Crippen LogP) is 1.72. The number of para-hydroxylation sites is 1. The topological polar surface area (TPSA) is 54.3 Å². The highest BCUT2D eigenvalue weighted by Crippen LogP contribution is 2.28. The highest BCUT2D eigenvalue weighted by Gasteiger charge is 2.28. The number of rotatable bonds is 5. The molecule has 1 amide bonds. The Morgan fingerprint density at radius 2 is 2.17 bits per heavy atom. The van der Waals surface area contributed by atoms with E-state index < -0.39 is 0 Å². The highest BCUT2D eigenvalue weighted by atomic mass is 16.2. The van der Waals surface area contributed by atoms with E-state index in [1.54, 1.807) is 12.7 Å². The molecule has 1 fully saturated rings. The zero-order valence-electron chi connectivity index (χ0n) is 13.8. The van der Waals surface area contributed by atoms with Crippen LogP contribution in [0.5, 0.6) is 0 Å². The van der Waals surface area contributed by atoms with Gasteiger partial charge in [-0.25, -0.2) is 4.98 Å². The Kier molecular flexibility index (Phi) is 4.30. The zero-order valence-corrected chi connectivity index (χ0v) is 13.8. The van der Waals surface area contributed by atoms with E-state index in [1.807, 2.05) is 21.7 Å². The number of carbonyl (C=O) groups excluding carboxylic acids is 1. The standard InChI is InChI=1S/C18H23N5O/c24-18(23-11-7-15-4-1-2-6-17(15)23)8-10-21-9-3-5-16(21)12-22-14-19-13-20-22/h1-2,4,6,13-14,16H,3,5,7-12H2. The van der Waals surface area contributed by atoms with Gasteiger partial charge in [0.05, 0.1) is 6.54 Å². The lowest BCUT2D eigenvalue weighted by Gasteiger charge is -2.25. The van der Waals surface area contributed by atoms with Crippen LogP contribution in [0.15, 0.2) is 36.9 Å². The molecule has 6 heteroatoms. The molecule has 4 rings (SSSR count). The average molecular weight is 325 g/mol. The quantitative estimate of drug-likeness (QED) is 0.840. The molecule has 1 unspecified atom stereocenters. The minimum absolute atomic E-state index is 0.242. The molecule has 6 nitrogen and oxygen atoms in total. The number of aromatic nitrogens is 3. The van der Waals surface area contributed by atoms with Crippen molar-refractivity contribution in [3.05, 3.63) is 42.5 Å². The van der Waals surface area contributed by atoms with Crippen LogP contribution in [0.4, 0.5) is 5.69 Å². The van der Waals surface area contributed by atoms with Gasteiger partial charge in [-0.15, -0.1) is 0 Å². The fraction of sp³-hybridized carbons (Fsp3) is 0.500. The average Bonchev–Trinajstić information content (AvgIpc) is 3.34. The van der Waals surface area contributed by atoms with Crippen LogP contribution in [0.2, 0.25) is 0 Å². The van der Waals surface area contributed by atoms with Crippen LogP contribution in [0.25, 0.3) is 0 Å². The van der Waals surface area contributed by atoms with E-state index in [2.05, 4.69) is 27.1 Å². The van der Waals surface area contributed by atoms with Crippen molar-refractivity contribution in [2.45, 2.75) is 38.3 Å². The van der Waals surface area contributed by atoms with Gasteiger partial charge in [-0.05, 0) is 37.4 Å². The van der Waals surface area contributed by atoms with Crippen LogP contribution < -0.4 is 4.90 Å². The van der Waals surface area contributed by atoms with Crippen LogP contribution in [0.3, 0.4) is 0 Å². The molecule has 2 aliphatic rings. The summed E-state index contributed by atoms with van der Waals surface area (Å²) >= 11 is 0. The first kappa shape index (κ1) is 15.3. The lowest BCUT2D eigenvalue weighted by Crippen LogP contribution is -2.37. The summed E-state index contributed by atoms with van der Waals surface area (Å²) in [5, 5.41) is 4.20. The summed E-state index contributed by atoms with van der Waals surface area (Å²) in [6, 6.07) is 8.71. The van der Waals surface area contributed by atoms with Crippen LogP contribution in [0, 0.1) is 0 Å². The normalized spacial score (nSPS) is 20.5. The first-order valence-corrected chi connectivity index (χ1v) is 8.76. The van der Waals surface area contributed by atoms with Crippen molar-refractivity contribution < 1.29 is 4.79 Å². The number of hydrogen-bond donors (Lipinski definition) is 0. The molecule has 1 atom stereocenters. The Balaban J connectivity index is 1.34. The summed E-state index contributed by atoms with van der Waals surface area (Å²) in [7, 11) is 0. The number of carbonyl (C=O) groups is 1. The number of amides is 1. The second-order valence-corrected chi connectivity index (χ2v) is 6.62. The Hall–Kier alpha value is -2.21. The Bertz CT molecular complexity index is 699. The van der Waals surface area contributed by atoms with Gasteiger partial charge in [0.1, 0.15) is 12.7 Å². The van der Waals surface area contributed by atoms with Gasteiger partial charge in [-0.1, -0.05) is 18.2 Å². The molecule has 0 saturated carbocycles. The number of fused-ring (bicyclic) bond motifs is 1. The maximum absolute atomic E-state index is 12.7. The smallest absolute Gasteiger partial charge is 0.228 e. The molecule has 0 spiro atoms. The molecule has 0 aliphatic carbocycles. The number of anilines is 1. The summed E-state index contributed by atoms with van der Waals surface area (Å²) in [6.45, 7) is 3.58. The van der Waals surface area contributed by atoms with Gasteiger partial charge in [0, 0.05) is 31.2 Å². The predicted molar refractivity (Wildman–Crippen MR) is 91.7 cm³/mol. The molecule has 2 aromatic rings. The minimum Gasteiger partial charge on any atom is -0.312 e. The molecule has 0 radical (unpaired) electrons. The third kappa shape index (κ3) is 3.06. The van der Waals surface area contributed by atoms with Crippen LogP contribution in [-0.4, -0.2) is 51.2 Å². The molecule has 1 aromatic carbocycles. The Labute approximate surface area is 142 Å². The number of benzene rings is 1. The number of nitrogens with zero attached hydrogens (tertiary/aromatic N) is 5. The van der Waals surface area contributed by atoms with E-state index in [0.29, 0.717) is 12.5 Å². The monoisotopic (exact) mass is 325 g/mol. The number of likely N-dealkylation sites (tertiary alicyclic amines) is 1. The minimum atomic E-state index is 0.242. The second-order valence-electron chi connectivity index (χ2n) is 6.62. The first-order valence-electron chi connectivity index (χ1n) is 8.76. The van der Waals surface area contributed by atoms with Crippen molar-refractivity contribution in [2.75, 3.05) is 24.5 Å². The fourth-order valence-electron chi connectivity index (χ4n) is 3.91. The molecule has 0 N–H and O–H groups in total. The molecule has 24 heavy (non-hydrogen) atoms. The summed E-state index contributed by atoms with van der Waals surface area (Å²) in [5.41, 5.74) is 2.39. The molecule has 126 valence electrons. The van der Waals surface area contributed by atoms with Crippen LogP contribution in [0.1, 0.15) is 24.8 Å². The fourth-order valence-corrected chi connectivity index (χ4v) is 3.91. The highest BCUT2D eigenvalue weighted by molar-refractivity contribution is 5.95. The second kappa shape index (κ2) is 6.73. The van der Waals surface area contributed by atoms with Gasteiger partial charge < -0.3 is 4.90 Å². The van der Waals surface area contributed by atoms with E-state index in [0.717, 1.165) is 38.3 Å². The summed E-state index contributed by atoms with van der Waals surface area (Å²) < 4.78 is 1.89. The van der Waals surface area contributed by atoms with Crippen molar-refractivity contribution >= 4 is 11.6 Å². The van der Waals surface area contributed by atoms with Crippen LogP contribution in [-0.2, 0) is 17.8 Å². The molecule has 2 aliphatic heterocycles. The van der Waals surface area contributed by atoms with Gasteiger partial charge in [0.2, 0.25) is 5.91 Å². The Morgan fingerprint density at radius 3 is 3.04 bits per heavy atom. The Morgan fingerprint density at radius 1 is 1.25 bits per heavy atom. The van der Waals surface area contributed by atoms with E-state index in [1.165, 1.54) is 18.4 Å². The van der Waals surface area contributed by atoms with Gasteiger partial charge in [0.25, 0.3) is 0 Å². The van der Waals surface area contributed by atoms with Gasteiger partial charge in [0.15, 0.2) is 0 Å². The lowest BCUT2D eigenvalue weighted by molar-refractivity contribution is -0.118. The molecule has 3 heterocycles. The molecule has 0 bridgehead atoms. The first-order chi connectivity index (χ1) is 11.8. The van der Waals surface area contributed by atoms with E-state index in [9.17, 15) is 4.79 Å². The summed E-state index contributed by atoms with van der Waals surface area (Å²) in [6.07, 6.45) is 7.26. The van der Waals surface area contributed by atoms with E-state index in [-0.39, 0.29) is 5.91 Å². The van der Waals surface area contributed by atoms with Crippen molar-refractivity contribution in [1.29, 1.82) is 0 Å². The number of hydrogen-bond acceptors (Lipinski definition) is 4. The third-order valence-corrected chi connectivity index (χ3v) is 5.16. The zero-order chi connectivity index (χ0) is 16.4. The van der Waals surface area contributed by atoms with Gasteiger partial charge in [-0.2, -0.15) is 5.10 Å². The molecule has 1 aromatic heterocycles. The van der Waals surface area contributed by atoms with Crippen LogP contribution >= 0.6 is 0 Å². The van der Waals surface area contributed by atoms with Crippen molar-refractivity contribution in [2.24, 2.45) is 0 Å². The van der Waals surface area contributed by atoms with Gasteiger partial charge >= 0.3 is 0 Å². The molecular weight excluding hydrogens is 302 g/mol. The summed E-state index contributed by atoms with van der Waals surface area (Å²) in [5.74, 6) is 0.242. The maximum Gasteiger partial charge on any atom is 0.228 e. The third-order valence-electron chi connectivity index (χ3n) is 5.16. The SMILES string of the molecule is O=C(CCN1CCCC1Cn1cncn1)N1CCc2ccccc21. The molecule has 1 saturated heterocycles. The van der Waals surface area contributed by atoms with Crippen molar-refractivity contribution in [1.82, 2.24) is 19.7 Å². The van der Waals surface area contributed by atoms with Crippen molar-refractivity contribution in [3.63, 3.8) is 0 Å².